The summed E-state index contributed by atoms with van der Waals surface area (Å²) in [5.41, 5.74) is 0. The number of nitrogens with zero attached hydrogens (tertiary/aromatic N) is 1. The van der Waals surface area contributed by atoms with Gasteiger partial charge >= 0.3 is 5.97 Å². The fourth-order valence-electron chi connectivity index (χ4n) is 3.22. The normalized spacial score (nSPS) is 33.7. The van der Waals surface area contributed by atoms with Crippen molar-refractivity contribution in [3.63, 3.8) is 0 Å². The first kappa shape index (κ1) is 13.8. The Kier molecular flexibility index (Phi) is 5.01. The lowest BCUT2D eigenvalue weighted by molar-refractivity contribution is -0.142. The second-order valence-electron chi connectivity index (χ2n) is 5.70. The average molecular weight is 255 g/mol. The van der Waals surface area contributed by atoms with Crippen LogP contribution < -0.4 is 0 Å². The van der Waals surface area contributed by atoms with Gasteiger partial charge in [0.2, 0.25) is 0 Å². The van der Waals surface area contributed by atoms with Crippen molar-refractivity contribution in [2.24, 2.45) is 5.92 Å². The smallest absolute Gasteiger partial charge is 0.320 e. The van der Waals surface area contributed by atoms with Crippen molar-refractivity contribution in [3.8, 4) is 0 Å². The molecule has 4 heteroatoms. The Morgan fingerprint density at radius 2 is 2.06 bits per heavy atom. The van der Waals surface area contributed by atoms with Crippen LogP contribution in [0.3, 0.4) is 0 Å². The van der Waals surface area contributed by atoms with E-state index < -0.39 is 5.97 Å². The number of ether oxygens (including phenoxy) is 1. The molecule has 1 aliphatic carbocycles. The molecular formula is C14H25NO3. The van der Waals surface area contributed by atoms with Crippen LogP contribution >= 0.6 is 0 Å². The number of likely N-dealkylation sites (tertiary alicyclic amines) is 1. The van der Waals surface area contributed by atoms with Gasteiger partial charge in [-0.15, -0.1) is 0 Å². The summed E-state index contributed by atoms with van der Waals surface area (Å²) in [6.07, 6.45) is 7.22. The fourth-order valence-corrected chi connectivity index (χ4v) is 3.22. The highest BCUT2D eigenvalue weighted by Gasteiger charge is 2.30. The number of rotatable bonds is 5. The van der Waals surface area contributed by atoms with Crippen LogP contribution in [0.15, 0.2) is 0 Å². The molecule has 1 aliphatic heterocycles. The molecule has 1 saturated heterocycles. The zero-order valence-electron chi connectivity index (χ0n) is 11.3. The quantitative estimate of drug-likeness (QED) is 0.817. The van der Waals surface area contributed by atoms with Crippen LogP contribution in [0.4, 0.5) is 0 Å². The van der Waals surface area contributed by atoms with Gasteiger partial charge in [0.25, 0.3) is 0 Å². The Labute approximate surface area is 109 Å². The summed E-state index contributed by atoms with van der Waals surface area (Å²) in [7, 11) is 0. The molecule has 2 aliphatic rings. The van der Waals surface area contributed by atoms with Crippen molar-refractivity contribution in [3.05, 3.63) is 0 Å². The van der Waals surface area contributed by atoms with E-state index in [1.807, 2.05) is 0 Å². The van der Waals surface area contributed by atoms with Crippen LogP contribution in [0.25, 0.3) is 0 Å². The molecule has 4 nitrogen and oxygen atoms in total. The van der Waals surface area contributed by atoms with Crippen LogP contribution in [0.1, 0.15) is 45.4 Å². The monoisotopic (exact) mass is 255 g/mol. The van der Waals surface area contributed by atoms with E-state index in [0.29, 0.717) is 18.6 Å². The first-order valence-corrected chi connectivity index (χ1v) is 7.27. The minimum absolute atomic E-state index is 0.280. The Hall–Kier alpha value is -0.610. The molecule has 104 valence electrons. The lowest BCUT2D eigenvalue weighted by atomic mass is 9.88. The third-order valence-electron chi connectivity index (χ3n) is 4.39. The van der Waals surface area contributed by atoms with E-state index in [4.69, 9.17) is 9.84 Å². The Balaban J connectivity index is 1.69. The number of carbonyl (C=O) groups is 1. The minimum atomic E-state index is -0.682. The van der Waals surface area contributed by atoms with Crippen molar-refractivity contribution < 1.29 is 14.6 Å². The van der Waals surface area contributed by atoms with Gasteiger partial charge in [-0.1, -0.05) is 19.8 Å². The van der Waals surface area contributed by atoms with Gasteiger partial charge in [0.1, 0.15) is 6.04 Å². The molecule has 0 aromatic rings. The number of carboxylic acid groups (broad SMARTS) is 1. The molecule has 3 atom stereocenters. The maximum absolute atomic E-state index is 11.0. The lowest BCUT2D eigenvalue weighted by Gasteiger charge is -2.30. The fraction of sp³-hybridized carbons (Fsp3) is 0.929. The van der Waals surface area contributed by atoms with Crippen molar-refractivity contribution in [2.75, 3.05) is 19.7 Å². The Bertz CT molecular complexity index is 282. The van der Waals surface area contributed by atoms with Crippen molar-refractivity contribution in [2.45, 2.75) is 57.6 Å². The van der Waals surface area contributed by atoms with E-state index in [0.717, 1.165) is 25.9 Å². The van der Waals surface area contributed by atoms with Crippen molar-refractivity contribution in [1.82, 2.24) is 4.90 Å². The highest BCUT2D eigenvalue weighted by molar-refractivity contribution is 5.73. The molecule has 2 fully saturated rings. The lowest BCUT2D eigenvalue weighted by Crippen LogP contribution is -2.39. The van der Waals surface area contributed by atoms with E-state index in [-0.39, 0.29) is 6.04 Å². The molecule has 1 saturated carbocycles. The molecule has 0 bridgehead atoms. The van der Waals surface area contributed by atoms with Crippen molar-refractivity contribution >= 4 is 5.97 Å². The predicted octanol–water partition coefficient (Wildman–Crippen LogP) is 2.13. The van der Waals surface area contributed by atoms with Gasteiger partial charge in [0.15, 0.2) is 0 Å². The van der Waals surface area contributed by atoms with E-state index in [1.165, 1.54) is 25.7 Å². The molecule has 1 heterocycles. The molecule has 0 aromatic carbocycles. The van der Waals surface area contributed by atoms with Gasteiger partial charge in [-0.25, -0.2) is 0 Å². The minimum Gasteiger partial charge on any atom is -0.480 e. The molecule has 0 amide bonds. The second kappa shape index (κ2) is 6.53. The van der Waals surface area contributed by atoms with Gasteiger partial charge in [0, 0.05) is 6.54 Å². The topological polar surface area (TPSA) is 49.8 Å². The highest BCUT2D eigenvalue weighted by Crippen LogP contribution is 2.26. The molecule has 0 radical (unpaired) electrons. The summed E-state index contributed by atoms with van der Waals surface area (Å²) >= 11 is 0. The maximum Gasteiger partial charge on any atom is 0.320 e. The SMILES string of the molecule is CC1CCCCC1OCCN1CCC[C@H]1C(=O)O. The predicted molar refractivity (Wildman–Crippen MR) is 69.6 cm³/mol. The molecular weight excluding hydrogens is 230 g/mol. The first-order chi connectivity index (χ1) is 8.68. The van der Waals surface area contributed by atoms with Crippen LogP contribution in [-0.2, 0) is 9.53 Å². The summed E-state index contributed by atoms with van der Waals surface area (Å²) < 4.78 is 5.95. The third-order valence-corrected chi connectivity index (χ3v) is 4.39. The van der Waals surface area contributed by atoms with E-state index in [1.54, 1.807) is 0 Å². The number of aliphatic carboxylic acids is 1. The highest BCUT2D eigenvalue weighted by atomic mass is 16.5. The zero-order chi connectivity index (χ0) is 13.0. The summed E-state index contributed by atoms with van der Waals surface area (Å²) in [5, 5.41) is 9.09. The van der Waals surface area contributed by atoms with Gasteiger partial charge in [0.05, 0.1) is 12.7 Å². The van der Waals surface area contributed by atoms with Crippen molar-refractivity contribution in [1.29, 1.82) is 0 Å². The summed E-state index contributed by atoms with van der Waals surface area (Å²) in [4.78, 5) is 13.1. The number of hydrogen-bond donors (Lipinski definition) is 1. The Morgan fingerprint density at radius 1 is 1.28 bits per heavy atom. The number of hydrogen-bond acceptors (Lipinski definition) is 3. The van der Waals surface area contributed by atoms with Gasteiger partial charge < -0.3 is 9.84 Å². The van der Waals surface area contributed by atoms with E-state index >= 15 is 0 Å². The second-order valence-corrected chi connectivity index (χ2v) is 5.70. The Morgan fingerprint density at radius 3 is 2.78 bits per heavy atom. The van der Waals surface area contributed by atoms with Gasteiger partial charge in [-0.3, -0.25) is 9.69 Å². The molecule has 2 unspecified atom stereocenters. The van der Waals surface area contributed by atoms with Gasteiger partial charge in [-0.05, 0) is 38.1 Å². The summed E-state index contributed by atoms with van der Waals surface area (Å²) in [6, 6.07) is -0.280. The third kappa shape index (κ3) is 3.45. The van der Waals surface area contributed by atoms with Gasteiger partial charge in [-0.2, -0.15) is 0 Å². The van der Waals surface area contributed by atoms with Crippen LogP contribution in [0, 0.1) is 5.92 Å². The standard InChI is InChI=1S/C14H25NO3/c1-11-5-2-3-7-13(11)18-10-9-15-8-4-6-12(15)14(16)17/h11-13H,2-10H2,1H3,(H,16,17)/t11?,12-,13?/m0/s1. The summed E-state index contributed by atoms with van der Waals surface area (Å²) in [6.45, 7) is 4.61. The van der Waals surface area contributed by atoms with E-state index in [2.05, 4.69) is 11.8 Å². The average Bonchev–Trinajstić information content (AvgIpc) is 2.80. The van der Waals surface area contributed by atoms with Crippen LogP contribution in [0.5, 0.6) is 0 Å². The molecule has 0 aromatic heterocycles. The van der Waals surface area contributed by atoms with Crippen LogP contribution in [-0.4, -0.2) is 47.8 Å². The first-order valence-electron chi connectivity index (χ1n) is 7.27. The molecule has 0 spiro atoms. The number of carboxylic acids is 1. The van der Waals surface area contributed by atoms with Crippen LogP contribution in [0.2, 0.25) is 0 Å². The van der Waals surface area contributed by atoms with E-state index in [9.17, 15) is 4.79 Å². The molecule has 2 rings (SSSR count). The largest absolute Gasteiger partial charge is 0.480 e. The maximum atomic E-state index is 11.0. The summed E-state index contributed by atoms with van der Waals surface area (Å²) in [5.74, 6) is -0.0221. The zero-order valence-corrected chi connectivity index (χ0v) is 11.3. The molecule has 1 N–H and O–H groups in total. The molecule has 18 heavy (non-hydrogen) atoms.